The third-order valence-electron chi connectivity index (χ3n) is 17.1. The highest BCUT2D eigenvalue weighted by Crippen LogP contribution is 2.46. The van der Waals surface area contributed by atoms with Crippen molar-refractivity contribution in [2.75, 3.05) is 48.4 Å². The van der Waals surface area contributed by atoms with E-state index in [1.165, 1.54) is 106 Å². The lowest BCUT2D eigenvalue weighted by atomic mass is 10.0. The fourth-order valence-electron chi connectivity index (χ4n) is 11.6. The summed E-state index contributed by atoms with van der Waals surface area (Å²) in [4.78, 5) is 117. The van der Waals surface area contributed by atoms with Gasteiger partial charge in [-0.2, -0.15) is 29.9 Å². The first kappa shape index (κ1) is 96.0. The van der Waals surface area contributed by atoms with Gasteiger partial charge in [0.15, 0.2) is 28.7 Å². The summed E-state index contributed by atoms with van der Waals surface area (Å²) < 4.78 is 136. The van der Waals surface area contributed by atoms with Gasteiger partial charge in [0.2, 0.25) is 37.3 Å². The number of H-pyrrole nitrogens is 3. The van der Waals surface area contributed by atoms with Crippen LogP contribution in [0.1, 0.15) is 117 Å². The lowest BCUT2D eigenvalue weighted by molar-refractivity contribution is 0.0579. The maximum Gasteiger partial charge on any atom is 0.414 e. The second-order valence-corrected chi connectivity index (χ2v) is 35.2. The fourth-order valence-corrected chi connectivity index (χ4v) is 13.1. The van der Waals surface area contributed by atoms with Crippen LogP contribution in [0, 0.1) is 52.1 Å². The molecule has 11 heterocycles. The van der Waals surface area contributed by atoms with Crippen LogP contribution in [0.25, 0.3) is 65.8 Å². The van der Waals surface area contributed by atoms with Crippen LogP contribution in [0.4, 0.5) is 44.6 Å². The molecular weight excluding hydrogens is 1750 g/mol. The van der Waals surface area contributed by atoms with Gasteiger partial charge in [0, 0.05) is 79.1 Å². The molecule has 0 aliphatic carbocycles. The van der Waals surface area contributed by atoms with E-state index in [1.807, 2.05) is 0 Å². The first-order valence-electron chi connectivity index (χ1n) is 37.2. The number of aromatic amines is 3. The molecule has 0 saturated carbocycles. The van der Waals surface area contributed by atoms with Crippen LogP contribution in [0.5, 0.6) is 52.4 Å². The molecule has 0 aliphatic rings. The smallest absolute Gasteiger partial charge is 0.414 e. The van der Waals surface area contributed by atoms with Crippen LogP contribution in [0.3, 0.4) is 0 Å². The molecule has 0 saturated heterocycles. The lowest BCUT2D eigenvalue weighted by Gasteiger charge is -2.25. The number of nitrogens with one attached hydrogen (secondary N) is 3. The van der Waals surface area contributed by atoms with Crippen LogP contribution >= 0.6 is 15.9 Å². The summed E-state index contributed by atoms with van der Waals surface area (Å²) in [5.41, 5.74) is 0.0481. The molecule has 37 nitrogen and oxygen atoms in total. The van der Waals surface area contributed by atoms with E-state index >= 15 is 13.2 Å². The number of fused-ring (bicyclic) bond motifs is 9. The average Bonchev–Trinajstić information content (AvgIpc) is 1.58. The summed E-state index contributed by atoms with van der Waals surface area (Å²) in [6.07, 6.45) is 17.5. The normalized spacial score (nSPS) is 11.5. The Morgan fingerprint density at radius 2 is 0.698 bits per heavy atom. The number of aromatic nitrogens is 19. The molecule has 0 fully saturated rings. The molecule has 11 aromatic heterocycles. The molecule has 14 rings (SSSR count). The highest BCUT2D eigenvalue weighted by Gasteiger charge is 2.34. The van der Waals surface area contributed by atoms with E-state index in [2.05, 4.69) is 124 Å². The minimum Gasteiger partial charge on any atom is -0.505 e. The number of hydrogen-bond acceptors (Lipinski definition) is 31. The summed E-state index contributed by atoms with van der Waals surface area (Å²) in [7, 11) is -3.36. The van der Waals surface area contributed by atoms with Gasteiger partial charge in [-0.3, -0.25) is 14.7 Å². The molecule has 0 radical (unpaired) electrons. The van der Waals surface area contributed by atoms with Gasteiger partial charge < -0.3 is 53.2 Å². The minimum absolute atomic E-state index is 0. The van der Waals surface area contributed by atoms with Crippen LogP contribution in [0.2, 0.25) is 0 Å². The zero-order valence-corrected chi connectivity index (χ0v) is 73.7. The Kier molecular flexibility index (Phi) is 29.0. The van der Waals surface area contributed by atoms with Crippen LogP contribution in [0.15, 0.2) is 120 Å². The topological polar surface area (TPSA) is 468 Å². The molecule has 3 aromatic carbocycles. The molecule has 664 valence electrons. The molecule has 43 heteroatoms. The predicted octanol–water partition coefficient (Wildman–Crippen LogP) is 17.2. The van der Waals surface area contributed by atoms with E-state index < -0.39 is 82.5 Å². The summed E-state index contributed by atoms with van der Waals surface area (Å²) in [6.45, 7) is 31.7. The number of allylic oxidation sites excluding steroid dienone is 2. The largest absolute Gasteiger partial charge is 0.505 e. The number of sulfone groups is 2. The molecule has 0 bridgehead atoms. The number of carbonyl (C=O) groups excluding carboxylic acids is 3. The second-order valence-electron chi connectivity index (χ2n) is 30.5. The molecule has 0 spiro atoms. The molecule has 14 aromatic rings. The molecule has 3 amide bonds. The number of carbonyl (C=O) groups is 3. The Hall–Kier alpha value is -13.8. The number of hydrogen-bond donors (Lipinski definition) is 4. The second kappa shape index (κ2) is 38.1. The Labute approximate surface area is 730 Å². The van der Waals surface area contributed by atoms with Gasteiger partial charge in [-0.15, -0.1) is 13.2 Å². The molecule has 4 N–H and O–H groups in total. The van der Waals surface area contributed by atoms with Crippen molar-refractivity contribution in [3.8, 4) is 52.4 Å². The maximum absolute atomic E-state index is 15.8. The maximum atomic E-state index is 15.8. The lowest BCUT2D eigenvalue weighted by Crippen LogP contribution is -2.34. The number of anilines is 3. The van der Waals surface area contributed by atoms with Crippen molar-refractivity contribution in [2.45, 2.75) is 152 Å². The standard InChI is InChI=1S/C29H29FN8O4.C25H27FN6O5S.C22H22BrFN6O5S.C5H6N2O.2CH4/c1-8-9-19-20(30)10-21(38(7)28(39)42-29(4,5)6)24-22(19)23-25(35-24)36-27(41-18-13-33-16(3)34-14-18)37-26(23)40-17-11-31-15(2)32-12-17;1-8-9-15-16(26)10-17(32(6)24(33)37-25(3,4)5)20-18(15)19-21(29-20)30-23(38(7,34)35)31-22(19)36-14-11-27-13(2)28-12-14;1-10-25-8-11(9-26-10)34-19-15-14-16(23)12(24)7-13(30(5)21(31)35-22(2,3)4)17(14)27-18(15)28-20(29-19)36(6,32)33;1-4-6-2-5(8)3-7-4;;/h8,10-14H,1,9H2,2-7H3,(H,35,36,37);8,10-12H,1,9H2,2-7H3,(H,29,30,31);7-9H,1-6H3,(H,27,28,29);2-3,8H,1H3;2*1H4. The van der Waals surface area contributed by atoms with Crippen LogP contribution < -0.4 is 33.6 Å². The number of amides is 3. The first-order valence-corrected chi connectivity index (χ1v) is 41.8. The number of ether oxygens (including phenoxy) is 7. The van der Waals surface area contributed by atoms with Crippen molar-refractivity contribution in [1.82, 2.24) is 94.7 Å². The number of halogens is 4. The van der Waals surface area contributed by atoms with Crippen molar-refractivity contribution in [1.29, 1.82) is 0 Å². The highest BCUT2D eigenvalue weighted by atomic mass is 79.9. The number of aryl methyl sites for hydroxylation is 5. The molecule has 0 unspecified atom stereocenters. The van der Waals surface area contributed by atoms with E-state index in [4.69, 9.17) is 38.3 Å². The Morgan fingerprint density at radius 3 is 0.992 bits per heavy atom. The van der Waals surface area contributed by atoms with Crippen molar-refractivity contribution in [3.05, 3.63) is 168 Å². The summed E-state index contributed by atoms with van der Waals surface area (Å²) in [5, 5.41) is 9.30. The van der Waals surface area contributed by atoms with E-state index in [0.29, 0.717) is 67.6 Å². The van der Waals surface area contributed by atoms with E-state index in [1.54, 1.807) is 103 Å². The Bertz CT molecular complexity index is 6700. The SMILES string of the molecule is C.C.C=CCc1c(F)cc(N(C)C(=O)OC(C)(C)C)c2[nH]c3nc(Oc4cnc(C)nc4)nc(Oc4cnc(C)nc4)c3c12.C=CCc1c(F)cc(N(C)C(=O)OC(C)(C)C)c2[nH]c3nc(S(C)(=O)=O)nc(Oc4cnc(C)nc4)c3c12.Cc1ncc(O)cn1.Cc1ncc(Oc2nc(S(C)(=O)=O)nc3[nH]c4c(N(C)C(=O)OC(C)(C)C)cc(F)c(Br)c4c23)cn1. The third-order valence-corrected chi connectivity index (χ3v) is 19.5. The van der Waals surface area contributed by atoms with Crippen molar-refractivity contribution >= 4 is 137 Å². The van der Waals surface area contributed by atoms with Crippen molar-refractivity contribution in [2.24, 2.45) is 0 Å². The predicted molar refractivity (Wildman–Crippen MR) is 469 cm³/mol. The monoisotopic (exact) mass is 1840 g/mol. The van der Waals surface area contributed by atoms with Gasteiger partial charge in [0.1, 0.15) is 80.3 Å². The number of nitrogens with zero attached hydrogens (tertiary/aromatic N) is 19. The molecule has 126 heavy (non-hydrogen) atoms. The highest BCUT2D eigenvalue weighted by molar-refractivity contribution is 9.10. The summed E-state index contributed by atoms with van der Waals surface area (Å²) in [6, 6.07) is 3.52. The zero-order chi connectivity index (χ0) is 90.7. The summed E-state index contributed by atoms with van der Waals surface area (Å²) in [5.74, 6) is 1.67. The fraction of sp³-hybridized carbons (Fsp3) is 0.313. The Morgan fingerprint density at radius 1 is 0.429 bits per heavy atom. The van der Waals surface area contributed by atoms with Gasteiger partial charge in [-0.1, -0.05) is 27.0 Å². The number of rotatable bonds is 17. The van der Waals surface area contributed by atoms with Crippen LogP contribution in [-0.4, -0.2) is 185 Å². The van der Waals surface area contributed by atoms with Gasteiger partial charge in [-0.05, 0) is 126 Å². The zero-order valence-electron chi connectivity index (χ0n) is 70.5. The van der Waals surface area contributed by atoms with Gasteiger partial charge in [-0.25, -0.2) is 94.2 Å². The number of aromatic hydroxyl groups is 1. The molecular formula is C83H92BrF3N22O15S2. The van der Waals surface area contributed by atoms with E-state index in [-0.39, 0.29) is 140 Å². The first-order chi connectivity index (χ1) is 58.1. The van der Waals surface area contributed by atoms with Crippen molar-refractivity contribution in [3.63, 3.8) is 0 Å². The quantitative estimate of drug-likeness (QED) is 0.0374. The average molecular weight is 1840 g/mol. The minimum atomic E-state index is -3.87. The molecule has 0 aliphatic heterocycles. The molecule has 0 atom stereocenters. The van der Waals surface area contributed by atoms with Crippen LogP contribution in [-0.2, 0) is 46.7 Å². The van der Waals surface area contributed by atoms with E-state index in [9.17, 15) is 31.2 Å². The Balaban J connectivity index is 0.000000203. The van der Waals surface area contributed by atoms with E-state index in [0.717, 1.165) is 28.4 Å². The van der Waals surface area contributed by atoms with Crippen molar-refractivity contribution < 1.29 is 82.7 Å². The summed E-state index contributed by atoms with van der Waals surface area (Å²) >= 11 is 3.25. The van der Waals surface area contributed by atoms with Gasteiger partial charge in [0.25, 0.3) is 10.3 Å². The van der Waals surface area contributed by atoms with Gasteiger partial charge in [0.05, 0.1) is 116 Å². The third kappa shape index (κ3) is 22.6. The van der Waals surface area contributed by atoms with Gasteiger partial charge >= 0.3 is 24.3 Å². The number of benzene rings is 3.